The summed E-state index contributed by atoms with van der Waals surface area (Å²) in [5, 5.41) is 8.39. The molecule has 0 saturated heterocycles. The molecule has 1 aromatic rings. The highest BCUT2D eigenvalue weighted by molar-refractivity contribution is 7.07. The van der Waals surface area contributed by atoms with Crippen molar-refractivity contribution in [2.75, 3.05) is 0 Å². The molecule has 8 nitrogen and oxygen atoms in total. The van der Waals surface area contributed by atoms with Gasteiger partial charge in [0.25, 0.3) is 5.91 Å². The highest BCUT2D eigenvalue weighted by atomic mass is 32.1. The fourth-order valence-corrected chi connectivity index (χ4v) is 2.01. The number of aromatic nitrogens is 2. The number of esters is 1. The summed E-state index contributed by atoms with van der Waals surface area (Å²) >= 11 is 0.912. The molecule has 0 unspecified atom stereocenters. The molecular formula is C12H18N4O4S. The van der Waals surface area contributed by atoms with Crippen molar-refractivity contribution in [3.8, 4) is 0 Å². The Morgan fingerprint density at radius 3 is 2.52 bits per heavy atom. The molecule has 0 aromatic carbocycles. The van der Waals surface area contributed by atoms with Gasteiger partial charge in [0.15, 0.2) is 11.0 Å². The van der Waals surface area contributed by atoms with Crippen molar-refractivity contribution < 1.29 is 19.1 Å². The average molecular weight is 314 g/mol. The Labute approximate surface area is 126 Å². The number of hydrogen-bond acceptors (Lipinski definition) is 7. The molecule has 116 valence electrons. The summed E-state index contributed by atoms with van der Waals surface area (Å²) in [6.45, 7) is 6.74. The van der Waals surface area contributed by atoms with Crippen LogP contribution in [0, 0.1) is 0 Å². The predicted octanol–water partition coefficient (Wildman–Crippen LogP) is 0.880. The fourth-order valence-electron chi connectivity index (χ4n) is 1.37. The number of nitrogens with zero attached hydrogens (tertiary/aromatic N) is 2. The highest BCUT2D eigenvalue weighted by Gasteiger charge is 2.24. The summed E-state index contributed by atoms with van der Waals surface area (Å²) in [4.78, 5) is 35.3. The smallest absolute Gasteiger partial charge is 0.352 e. The second kappa shape index (κ2) is 7.67. The van der Waals surface area contributed by atoms with Gasteiger partial charge in [-0.3, -0.25) is 10.1 Å². The Morgan fingerprint density at radius 1 is 1.29 bits per heavy atom. The third-order valence-electron chi connectivity index (χ3n) is 2.39. The average Bonchev–Trinajstić information content (AvgIpc) is 2.85. The Morgan fingerprint density at radius 2 is 1.95 bits per heavy atom. The van der Waals surface area contributed by atoms with Crippen LogP contribution >= 0.6 is 11.5 Å². The summed E-state index contributed by atoms with van der Waals surface area (Å²) < 4.78 is 8.68. The van der Waals surface area contributed by atoms with Crippen molar-refractivity contribution in [1.29, 1.82) is 0 Å². The predicted molar refractivity (Wildman–Crippen MR) is 76.0 cm³/mol. The van der Waals surface area contributed by atoms with Gasteiger partial charge in [-0.2, -0.15) is 0 Å². The third kappa shape index (κ3) is 5.10. The van der Waals surface area contributed by atoms with Gasteiger partial charge in [0.2, 0.25) is 0 Å². The summed E-state index contributed by atoms with van der Waals surface area (Å²) in [7, 11) is 0. The Hall–Kier alpha value is -2.03. The minimum atomic E-state index is -1.10. The maximum atomic E-state index is 11.9. The Kier molecular flexibility index (Phi) is 6.22. The second-order valence-corrected chi connectivity index (χ2v) is 5.32. The van der Waals surface area contributed by atoms with Crippen LogP contribution in [0.5, 0.6) is 0 Å². The van der Waals surface area contributed by atoms with Crippen molar-refractivity contribution in [2.45, 2.75) is 46.3 Å². The fraction of sp³-hybridized carbons (Fsp3) is 0.583. The summed E-state index contributed by atoms with van der Waals surface area (Å²) in [5.74, 6) is -1.37. The van der Waals surface area contributed by atoms with E-state index in [1.54, 1.807) is 13.8 Å². The third-order valence-corrected chi connectivity index (χ3v) is 3.13. The van der Waals surface area contributed by atoms with Crippen LogP contribution in [0.15, 0.2) is 0 Å². The maximum absolute atomic E-state index is 11.9. The van der Waals surface area contributed by atoms with Gasteiger partial charge >= 0.3 is 12.0 Å². The van der Waals surface area contributed by atoms with Crippen LogP contribution in [-0.4, -0.2) is 39.6 Å². The molecule has 0 radical (unpaired) electrons. The van der Waals surface area contributed by atoms with E-state index in [0.717, 1.165) is 11.5 Å². The lowest BCUT2D eigenvalue weighted by Crippen LogP contribution is -2.46. The van der Waals surface area contributed by atoms with Crippen molar-refractivity contribution in [2.24, 2.45) is 0 Å². The number of urea groups is 1. The molecule has 21 heavy (non-hydrogen) atoms. The van der Waals surface area contributed by atoms with E-state index in [9.17, 15) is 14.4 Å². The van der Waals surface area contributed by atoms with Crippen molar-refractivity contribution >= 4 is 29.4 Å². The molecule has 1 heterocycles. The van der Waals surface area contributed by atoms with Gasteiger partial charge in [-0.25, -0.2) is 9.59 Å². The standard InChI is InChI=1S/C12H18N4O4S/c1-5-8-9(21-16-15-8)11(18)20-7(4)10(17)14-12(19)13-6(2)3/h6-7H,5H2,1-4H3,(H2,13,14,17,19)/t7-/m1/s1. The molecule has 1 atom stereocenters. The lowest BCUT2D eigenvalue weighted by molar-refractivity contribution is -0.127. The molecule has 0 aliphatic carbocycles. The second-order valence-electron chi connectivity index (χ2n) is 4.57. The van der Waals surface area contributed by atoms with E-state index >= 15 is 0 Å². The van der Waals surface area contributed by atoms with Crippen LogP contribution < -0.4 is 10.6 Å². The van der Waals surface area contributed by atoms with E-state index in [1.807, 2.05) is 6.92 Å². The van der Waals surface area contributed by atoms with E-state index in [2.05, 4.69) is 20.2 Å². The quantitative estimate of drug-likeness (QED) is 0.781. The van der Waals surface area contributed by atoms with Crippen LogP contribution in [0.25, 0.3) is 0 Å². The first-order chi connectivity index (χ1) is 9.85. The largest absolute Gasteiger partial charge is 0.448 e. The molecule has 0 aliphatic heterocycles. The number of imide groups is 1. The molecular weight excluding hydrogens is 296 g/mol. The van der Waals surface area contributed by atoms with Gasteiger partial charge in [-0.15, -0.1) is 5.10 Å². The molecule has 0 aliphatic rings. The number of rotatable bonds is 5. The Bertz CT molecular complexity index is 529. The van der Waals surface area contributed by atoms with Crippen LogP contribution in [0.3, 0.4) is 0 Å². The number of aryl methyl sites for hydroxylation is 1. The first-order valence-electron chi connectivity index (χ1n) is 6.48. The summed E-state index contributed by atoms with van der Waals surface area (Å²) in [6.07, 6.45) is -0.555. The zero-order chi connectivity index (χ0) is 16.0. The molecule has 3 amide bonds. The van der Waals surface area contributed by atoms with Crippen molar-refractivity contribution in [3.63, 3.8) is 0 Å². The number of hydrogen-bond donors (Lipinski definition) is 2. The van der Waals surface area contributed by atoms with Gasteiger partial charge in [0.05, 0.1) is 5.69 Å². The van der Waals surface area contributed by atoms with E-state index in [1.165, 1.54) is 6.92 Å². The first-order valence-corrected chi connectivity index (χ1v) is 7.26. The van der Waals surface area contributed by atoms with E-state index in [4.69, 9.17) is 4.74 Å². The normalized spacial score (nSPS) is 11.9. The topological polar surface area (TPSA) is 110 Å². The number of nitrogens with one attached hydrogen (secondary N) is 2. The molecule has 2 N–H and O–H groups in total. The van der Waals surface area contributed by atoms with E-state index < -0.39 is 24.0 Å². The van der Waals surface area contributed by atoms with E-state index in [0.29, 0.717) is 12.1 Å². The molecule has 0 saturated carbocycles. The van der Waals surface area contributed by atoms with Crippen molar-refractivity contribution in [3.05, 3.63) is 10.6 Å². The lowest BCUT2D eigenvalue weighted by atomic mass is 10.3. The number of carbonyl (C=O) groups excluding carboxylic acids is 3. The minimum absolute atomic E-state index is 0.106. The highest BCUT2D eigenvalue weighted by Crippen LogP contribution is 2.13. The molecule has 0 spiro atoms. The van der Waals surface area contributed by atoms with E-state index in [-0.39, 0.29) is 10.9 Å². The van der Waals surface area contributed by atoms with Crippen LogP contribution in [-0.2, 0) is 16.0 Å². The van der Waals surface area contributed by atoms with Crippen LogP contribution in [0.1, 0.15) is 43.1 Å². The van der Waals surface area contributed by atoms with Gasteiger partial charge < -0.3 is 10.1 Å². The minimum Gasteiger partial charge on any atom is -0.448 e. The van der Waals surface area contributed by atoms with Gasteiger partial charge in [-0.1, -0.05) is 11.4 Å². The zero-order valence-electron chi connectivity index (χ0n) is 12.3. The summed E-state index contributed by atoms with van der Waals surface area (Å²) in [5.41, 5.74) is 0.523. The molecule has 1 rings (SSSR count). The lowest BCUT2D eigenvalue weighted by Gasteiger charge is -2.14. The molecule has 0 bridgehead atoms. The molecule has 9 heteroatoms. The monoisotopic (exact) mass is 314 g/mol. The maximum Gasteiger partial charge on any atom is 0.352 e. The zero-order valence-corrected chi connectivity index (χ0v) is 13.1. The summed E-state index contributed by atoms with van der Waals surface area (Å²) in [6, 6.07) is -0.738. The van der Waals surface area contributed by atoms with Gasteiger partial charge in [0, 0.05) is 6.04 Å². The molecule has 0 fully saturated rings. The molecule has 1 aromatic heterocycles. The van der Waals surface area contributed by atoms with Gasteiger partial charge in [-0.05, 0) is 38.7 Å². The van der Waals surface area contributed by atoms with Crippen LogP contribution in [0.4, 0.5) is 4.79 Å². The van der Waals surface area contributed by atoms with Crippen molar-refractivity contribution in [1.82, 2.24) is 20.2 Å². The SMILES string of the molecule is CCc1nnsc1C(=O)O[C@H](C)C(=O)NC(=O)NC(C)C. The van der Waals surface area contributed by atoms with Crippen LogP contribution in [0.2, 0.25) is 0 Å². The number of carbonyl (C=O) groups is 3. The number of amides is 3. The Balaban J connectivity index is 2.56. The first kappa shape index (κ1) is 17.0. The number of ether oxygens (including phenoxy) is 1. The van der Waals surface area contributed by atoms with Gasteiger partial charge in [0.1, 0.15) is 0 Å².